The second kappa shape index (κ2) is 13.0. The molecule has 2 fully saturated rings. The Morgan fingerprint density at radius 2 is 2.00 bits per heavy atom. The minimum absolute atomic E-state index is 0.136. The highest BCUT2D eigenvalue weighted by atomic mass is 19.4. The molecule has 1 saturated heterocycles. The van der Waals surface area contributed by atoms with Gasteiger partial charge in [-0.3, -0.25) is 4.79 Å². The first kappa shape index (κ1) is 31.6. The summed E-state index contributed by atoms with van der Waals surface area (Å²) in [5.41, 5.74) is 1.18. The molecule has 1 saturated carbocycles. The van der Waals surface area contributed by atoms with Crippen LogP contribution >= 0.6 is 0 Å². The number of carbonyl (C=O) groups excluding carboxylic acids is 1. The first-order chi connectivity index (χ1) is 21.0. The average molecular weight is 612 g/mol. The van der Waals surface area contributed by atoms with Gasteiger partial charge in [-0.05, 0) is 70.3 Å². The van der Waals surface area contributed by atoms with Gasteiger partial charge in [-0.1, -0.05) is 18.7 Å². The van der Waals surface area contributed by atoms with Crippen LogP contribution in [0.15, 0.2) is 30.9 Å². The summed E-state index contributed by atoms with van der Waals surface area (Å²) in [5, 5.41) is 9.48. The van der Waals surface area contributed by atoms with Crippen LogP contribution in [0.5, 0.6) is 6.01 Å². The predicted octanol–water partition coefficient (Wildman–Crippen LogP) is 4.59. The van der Waals surface area contributed by atoms with Crippen LogP contribution in [0.2, 0.25) is 0 Å². The molecule has 1 amide bonds. The molecule has 0 bridgehead atoms. The number of hydrogen-bond acceptors (Lipinski definition) is 8. The smallest absolute Gasteiger partial charge is 0.418 e. The molecule has 2 aromatic rings. The SMILES string of the molecule is C=CC(=O)N1CCN(c2nc(OCC3CCC(N(C)C)C3)nc3c2CCN(c2cccc(C)c2C(F)(F)F)C3)C[C@@H]1CC#N. The third-order valence-corrected chi connectivity index (χ3v) is 9.16. The van der Waals surface area contributed by atoms with Gasteiger partial charge in [0, 0.05) is 43.5 Å². The third-order valence-electron chi connectivity index (χ3n) is 9.16. The van der Waals surface area contributed by atoms with Crippen LogP contribution in [0.3, 0.4) is 0 Å². The highest BCUT2D eigenvalue weighted by molar-refractivity contribution is 5.87. The minimum atomic E-state index is -4.49. The van der Waals surface area contributed by atoms with E-state index in [1.54, 1.807) is 15.9 Å². The largest absolute Gasteiger partial charge is 0.463 e. The maximum atomic E-state index is 14.1. The summed E-state index contributed by atoms with van der Waals surface area (Å²) in [7, 11) is 4.16. The van der Waals surface area contributed by atoms with E-state index >= 15 is 0 Å². The fraction of sp³-hybridized carbons (Fsp3) is 0.562. The van der Waals surface area contributed by atoms with Crippen LogP contribution < -0.4 is 14.5 Å². The van der Waals surface area contributed by atoms with Crippen molar-refractivity contribution in [2.75, 3.05) is 56.7 Å². The van der Waals surface area contributed by atoms with E-state index in [0.29, 0.717) is 62.7 Å². The molecule has 1 aromatic carbocycles. The van der Waals surface area contributed by atoms with E-state index < -0.39 is 11.7 Å². The number of nitriles is 1. The molecule has 5 rings (SSSR count). The number of anilines is 2. The lowest BCUT2D eigenvalue weighted by atomic mass is 10.00. The maximum absolute atomic E-state index is 14.1. The Hall–Kier alpha value is -3.85. The zero-order chi connectivity index (χ0) is 31.6. The van der Waals surface area contributed by atoms with E-state index in [0.717, 1.165) is 24.8 Å². The number of nitrogens with zero attached hydrogens (tertiary/aromatic N) is 7. The van der Waals surface area contributed by atoms with Gasteiger partial charge in [-0.2, -0.15) is 28.4 Å². The molecule has 3 atom stereocenters. The summed E-state index contributed by atoms with van der Waals surface area (Å²) in [6.07, 6.45) is 0.519. The number of amides is 1. The standard InChI is InChI=1S/C32H40F3N7O2/c1-5-28(43)42-16-15-41(18-24(42)11-13-36)30-25-12-14-40(27-8-6-7-21(2)29(27)32(33,34)35)19-26(25)37-31(38-30)44-20-22-9-10-23(17-22)39(3)4/h5-8,22-24H,1,9-12,14-20H2,2-4H3/t22?,23?,24-/m0/s1. The quantitative estimate of drug-likeness (QED) is 0.401. The molecular formula is C32H40F3N7O2. The van der Waals surface area contributed by atoms with Gasteiger partial charge in [0.1, 0.15) is 5.82 Å². The first-order valence-electron chi connectivity index (χ1n) is 15.2. The Bertz CT molecular complexity index is 1420. The summed E-state index contributed by atoms with van der Waals surface area (Å²) >= 11 is 0. The maximum Gasteiger partial charge on any atom is 0.418 e. The van der Waals surface area contributed by atoms with Gasteiger partial charge in [-0.25, -0.2) is 0 Å². The Morgan fingerprint density at radius 3 is 2.68 bits per heavy atom. The number of ether oxygens (including phenoxy) is 1. The van der Waals surface area contributed by atoms with Crippen LogP contribution in [-0.2, 0) is 23.9 Å². The number of aromatic nitrogens is 2. The molecule has 1 aliphatic carbocycles. The van der Waals surface area contributed by atoms with Crippen molar-refractivity contribution in [1.82, 2.24) is 19.8 Å². The highest BCUT2D eigenvalue weighted by Gasteiger charge is 2.38. The molecule has 1 aromatic heterocycles. The number of fused-ring (bicyclic) bond motifs is 1. The van der Waals surface area contributed by atoms with Gasteiger partial charge in [-0.15, -0.1) is 0 Å². The highest BCUT2D eigenvalue weighted by Crippen LogP contribution is 2.41. The lowest BCUT2D eigenvalue weighted by molar-refractivity contribution is -0.137. The monoisotopic (exact) mass is 611 g/mol. The van der Waals surface area contributed by atoms with E-state index in [-0.39, 0.29) is 42.2 Å². The van der Waals surface area contributed by atoms with Crippen LogP contribution in [0.25, 0.3) is 0 Å². The Morgan fingerprint density at radius 1 is 1.20 bits per heavy atom. The number of carbonyl (C=O) groups is 1. The number of aryl methyl sites for hydroxylation is 1. The van der Waals surface area contributed by atoms with Gasteiger partial charge in [0.05, 0.1) is 42.9 Å². The summed E-state index contributed by atoms with van der Waals surface area (Å²) < 4.78 is 48.6. The molecule has 0 N–H and O–H groups in total. The van der Waals surface area contributed by atoms with Crippen LogP contribution in [0.4, 0.5) is 24.7 Å². The minimum Gasteiger partial charge on any atom is -0.463 e. The van der Waals surface area contributed by atoms with Crippen molar-refractivity contribution in [3.63, 3.8) is 0 Å². The van der Waals surface area contributed by atoms with Gasteiger partial charge in [0.25, 0.3) is 0 Å². The van der Waals surface area contributed by atoms with Gasteiger partial charge >= 0.3 is 12.2 Å². The summed E-state index contributed by atoms with van der Waals surface area (Å²) in [6.45, 7) is 7.35. The van der Waals surface area contributed by atoms with E-state index in [1.165, 1.54) is 25.1 Å². The summed E-state index contributed by atoms with van der Waals surface area (Å²) in [5.74, 6) is 0.800. The van der Waals surface area contributed by atoms with Gasteiger partial charge < -0.3 is 24.3 Å². The number of alkyl halides is 3. The number of piperazine rings is 1. The zero-order valence-corrected chi connectivity index (χ0v) is 25.6. The summed E-state index contributed by atoms with van der Waals surface area (Å²) in [6, 6.07) is 7.19. The molecule has 0 radical (unpaired) electrons. The second-order valence-corrected chi connectivity index (χ2v) is 12.2. The molecule has 9 nitrogen and oxygen atoms in total. The van der Waals surface area contributed by atoms with E-state index in [2.05, 4.69) is 36.5 Å². The zero-order valence-electron chi connectivity index (χ0n) is 25.6. The predicted molar refractivity (Wildman–Crippen MR) is 161 cm³/mol. The molecule has 12 heteroatoms. The second-order valence-electron chi connectivity index (χ2n) is 12.2. The van der Waals surface area contributed by atoms with Crippen molar-refractivity contribution in [3.05, 3.63) is 53.2 Å². The molecule has 2 unspecified atom stereocenters. The van der Waals surface area contributed by atoms with Crippen LogP contribution in [-0.4, -0.2) is 84.6 Å². The van der Waals surface area contributed by atoms with Gasteiger partial charge in [0.2, 0.25) is 5.91 Å². The lowest BCUT2D eigenvalue weighted by Gasteiger charge is -2.42. The Kier molecular flexibility index (Phi) is 9.34. The third kappa shape index (κ3) is 6.62. The van der Waals surface area contributed by atoms with Crippen molar-refractivity contribution in [3.8, 4) is 12.1 Å². The average Bonchev–Trinajstić information content (AvgIpc) is 3.48. The number of rotatable bonds is 8. The van der Waals surface area contributed by atoms with E-state index in [1.807, 2.05) is 0 Å². The van der Waals surface area contributed by atoms with E-state index in [4.69, 9.17) is 14.7 Å². The molecule has 236 valence electrons. The first-order valence-corrected chi connectivity index (χ1v) is 15.2. The summed E-state index contributed by atoms with van der Waals surface area (Å²) in [4.78, 5) is 29.8. The van der Waals surface area contributed by atoms with Gasteiger partial charge in [0.15, 0.2) is 0 Å². The van der Waals surface area contributed by atoms with Crippen LogP contribution in [0, 0.1) is 24.2 Å². The number of halogens is 3. The molecule has 2 aliphatic heterocycles. The lowest BCUT2D eigenvalue weighted by Crippen LogP contribution is -2.55. The van der Waals surface area contributed by atoms with Crippen LogP contribution in [0.1, 0.15) is 48.1 Å². The fourth-order valence-electron chi connectivity index (χ4n) is 6.80. The molecular weight excluding hydrogens is 571 g/mol. The van der Waals surface area contributed by atoms with Crippen molar-refractivity contribution in [2.45, 2.75) is 63.8 Å². The number of hydrogen-bond donors (Lipinski definition) is 0. The number of benzene rings is 1. The Labute approximate surface area is 256 Å². The molecule has 3 aliphatic rings. The fourth-order valence-corrected chi connectivity index (χ4v) is 6.80. The molecule has 0 spiro atoms. The Balaban J connectivity index is 1.47. The van der Waals surface area contributed by atoms with Crippen molar-refractivity contribution < 1.29 is 22.7 Å². The van der Waals surface area contributed by atoms with E-state index in [9.17, 15) is 23.2 Å². The van der Waals surface area contributed by atoms with Crippen molar-refractivity contribution in [2.24, 2.45) is 5.92 Å². The topological polar surface area (TPSA) is 88.8 Å². The van der Waals surface area contributed by atoms with Crippen molar-refractivity contribution >= 4 is 17.4 Å². The normalized spacial score (nSPS) is 22.1. The molecule has 44 heavy (non-hydrogen) atoms. The van der Waals surface area contributed by atoms with Crippen molar-refractivity contribution in [1.29, 1.82) is 5.26 Å². The molecule has 3 heterocycles.